The summed E-state index contributed by atoms with van der Waals surface area (Å²) in [6.07, 6.45) is 2.44. The van der Waals surface area contributed by atoms with Gasteiger partial charge < -0.3 is 14.8 Å². The van der Waals surface area contributed by atoms with Crippen LogP contribution in [0.4, 0.5) is 14.5 Å². The van der Waals surface area contributed by atoms with E-state index in [4.69, 9.17) is 4.74 Å². The van der Waals surface area contributed by atoms with Crippen molar-refractivity contribution in [3.63, 3.8) is 0 Å². The van der Waals surface area contributed by atoms with Crippen LogP contribution in [0.2, 0.25) is 0 Å². The molecule has 0 aliphatic carbocycles. The minimum absolute atomic E-state index is 0.0437. The zero-order valence-electron chi connectivity index (χ0n) is 14.4. The van der Waals surface area contributed by atoms with Crippen LogP contribution in [0.3, 0.4) is 0 Å². The summed E-state index contributed by atoms with van der Waals surface area (Å²) in [5.41, 5.74) is 1.14. The van der Waals surface area contributed by atoms with Crippen LogP contribution >= 0.6 is 11.8 Å². The molecule has 26 heavy (non-hydrogen) atoms. The van der Waals surface area contributed by atoms with Crippen molar-refractivity contribution in [3.8, 4) is 11.6 Å². The van der Waals surface area contributed by atoms with E-state index in [2.05, 4.69) is 20.0 Å². The number of nitrogens with one attached hydrogen (secondary N) is 1. The van der Waals surface area contributed by atoms with Crippen LogP contribution in [0.5, 0.6) is 11.6 Å². The Morgan fingerprint density at radius 2 is 2.15 bits per heavy atom. The minimum Gasteiger partial charge on any atom is -0.478 e. The van der Waals surface area contributed by atoms with Gasteiger partial charge in [-0.25, -0.2) is 4.98 Å². The quantitative estimate of drug-likeness (QED) is 0.523. The van der Waals surface area contributed by atoms with Crippen molar-refractivity contribution in [1.82, 2.24) is 9.97 Å². The number of ether oxygens (including phenoxy) is 2. The van der Waals surface area contributed by atoms with E-state index in [1.54, 1.807) is 19.2 Å². The molecule has 1 aromatic heterocycles. The number of halogens is 2. The Labute approximate surface area is 154 Å². The molecule has 0 aliphatic rings. The molecule has 0 atom stereocenters. The second-order valence-corrected chi connectivity index (χ2v) is 6.16. The normalized spacial score (nSPS) is 10.7. The SMILES string of the molecule is CCCOc1ccnc(SCC(=O)Nc2ccc(OC(F)F)cc2C)n1. The van der Waals surface area contributed by atoms with Gasteiger partial charge in [-0.05, 0) is 37.1 Å². The van der Waals surface area contributed by atoms with Crippen LogP contribution in [-0.4, -0.2) is 34.8 Å². The molecular formula is C17H19F2N3O3S. The van der Waals surface area contributed by atoms with E-state index in [1.807, 2.05) is 6.92 Å². The smallest absolute Gasteiger partial charge is 0.387 e. The number of aryl methyl sites for hydroxylation is 1. The van der Waals surface area contributed by atoms with Gasteiger partial charge in [-0.2, -0.15) is 13.8 Å². The number of benzene rings is 1. The first-order chi connectivity index (χ1) is 12.5. The molecule has 6 nitrogen and oxygen atoms in total. The maximum Gasteiger partial charge on any atom is 0.387 e. The van der Waals surface area contributed by atoms with E-state index < -0.39 is 6.61 Å². The molecule has 2 rings (SSSR count). The van der Waals surface area contributed by atoms with Crippen molar-refractivity contribution in [2.45, 2.75) is 32.0 Å². The maximum absolute atomic E-state index is 12.2. The Kier molecular flexibility index (Phi) is 7.58. The summed E-state index contributed by atoms with van der Waals surface area (Å²) in [5, 5.41) is 3.16. The number of carbonyl (C=O) groups is 1. The monoisotopic (exact) mass is 383 g/mol. The number of alkyl halides is 2. The van der Waals surface area contributed by atoms with E-state index >= 15 is 0 Å². The van der Waals surface area contributed by atoms with Crippen LogP contribution in [0.25, 0.3) is 0 Å². The Balaban J connectivity index is 1.89. The molecule has 2 aromatic rings. The van der Waals surface area contributed by atoms with Crippen molar-refractivity contribution < 1.29 is 23.0 Å². The predicted molar refractivity (Wildman–Crippen MR) is 95.0 cm³/mol. The molecular weight excluding hydrogens is 364 g/mol. The van der Waals surface area contributed by atoms with Crippen molar-refractivity contribution in [2.24, 2.45) is 0 Å². The summed E-state index contributed by atoms with van der Waals surface area (Å²) in [6, 6.07) is 5.99. The molecule has 0 saturated carbocycles. The van der Waals surface area contributed by atoms with Gasteiger partial charge in [0.15, 0.2) is 5.16 Å². The first-order valence-electron chi connectivity index (χ1n) is 7.92. The van der Waals surface area contributed by atoms with E-state index in [-0.39, 0.29) is 17.4 Å². The van der Waals surface area contributed by atoms with Crippen molar-refractivity contribution >= 4 is 23.4 Å². The number of nitrogens with zero attached hydrogens (tertiary/aromatic N) is 2. The molecule has 0 saturated heterocycles. The van der Waals surface area contributed by atoms with Gasteiger partial charge in [0.25, 0.3) is 0 Å². The Bertz CT molecular complexity index is 747. The zero-order chi connectivity index (χ0) is 18.9. The predicted octanol–water partition coefficient (Wildman–Crippen LogP) is 3.91. The highest BCUT2D eigenvalue weighted by atomic mass is 32.2. The van der Waals surface area contributed by atoms with Gasteiger partial charge >= 0.3 is 6.61 Å². The van der Waals surface area contributed by atoms with Crippen molar-refractivity contribution in [1.29, 1.82) is 0 Å². The lowest BCUT2D eigenvalue weighted by Crippen LogP contribution is -2.15. The molecule has 0 unspecified atom stereocenters. The molecule has 9 heteroatoms. The number of thioether (sulfide) groups is 1. The summed E-state index contributed by atoms with van der Waals surface area (Å²) < 4.78 is 34.2. The third kappa shape index (κ3) is 6.47. The third-order valence-electron chi connectivity index (χ3n) is 3.09. The summed E-state index contributed by atoms with van der Waals surface area (Å²) >= 11 is 1.17. The van der Waals surface area contributed by atoms with Crippen molar-refractivity contribution in [3.05, 3.63) is 36.0 Å². The largest absolute Gasteiger partial charge is 0.478 e. The summed E-state index contributed by atoms with van der Waals surface area (Å²) in [4.78, 5) is 20.4. The second-order valence-electron chi connectivity index (χ2n) is 5.22. The number of hydrogen-bond donors (Lipinski definition) is 1. The number of amides is 1. The minimum atomic E-state index is -2.89. The number of aromatic nitrogens is 2. The number of hydrogen-bond acceptors (Lipinski definition) is 6. The van der Waals surface area contributed by atoms with Crippen LogP contribution in [0.15, 0.2) is 35.6 Å². The molecule has 1 heterocycles. The molecule has 0 fully saturated rings. The Morgan fingerprint density at radius 1 is 1.35 bits per heavy atom. The fourth-order valence-electron chi connectivity index (χ4n) is 1.95. The first-order valence-corrected chi connectivity index (χ1v) is 8.90. The summed E-state index contributed by atoms with van der Waals surface area (Å²) in [7, 11) is 0. The Hall–Kier alpha value is -2.42. The van der Waals surface area contributed by atoms with Crippen LogP contribution in [0.1, 0.15) is 18.9 Å². The van der Waals surface area contributed by atoms with Crippen LogP contribution in [0, 0.1) is 6.92 Å². The van der Waals surface area contributed by atoms with E-state index in [9.17, 15) is 13.6 Å². The lowest BCUT2D eigenvalue weighted by atomic mass is 10.2. The van der Waals surface area contributed by atoms with Crippen LogP contribution < -0.4 is 14.8 Å². The second kappa shape index (κ2) is 9.91. The summed E-state index contributed by atoms with van der Waals surface area (Å²) in [6.45, 7) is 1.36. The molecule has 1 N–H and O–H groups in total. The van der Waals surface area contributed by atoms with E-state index in [1.165, 1.54) is 30.0 Å². The standard InChI is InChI=1S/C17H19F2N3O3S/c1-3-8-24-15-6-7-20-17(22-15)26-10-14(23)21-13-5-4-12(9-11(13)2)25-16(18)19/h4-7,9,16H,3,8,10H2,1-2H3,(H,21,23). The van der Waals surface area contributed by atoms with Gasteiger partial charge in [-0.1, -0.05) is 18.7 Å². The molecule has 0 bridgehead atoms. The number of anilines is 1. The highest BCUT2D eigenvalue weighted by molar-refractivity contribution is 7.99. The number of carbonyl (C=O) groups excluding carboxylic acids is 1. The van der Waals surface area contributed by atoms with Gasteiger partial charge in [0.2, 0.25) is 11.8 Å². The fourth-order valence-corrected chi connectivity index (χ4v) is 2.57. The average Bonchev–Trinajstić information content (AvgIpc) is 2.60. The average molecular weight is 383 g/mol. The first kappa shape index (κ1) is 19.9. The molecule has 1 aromatic carbocycles. The van der Waals surface area contributed by atoms with Gasteiger partial charge in [-0.3, -0.25) is 4.79 Å². The lowest BCUT2D eigenvalue weighted by molar-refractivity contribution is -0.113. The lowest BCUT2D eigenvalue weighted by Gasteiger charge is -2.11. The van der Waals surface area contributed by atoms with Gasteiger partial charge in [0.1, 0.15) is 5.75 Å². The number of rotatable bonds is 9. The zero-order valence-corrected chi connectivity index (χ0v) is 15.2. The topological polar surface area (TPSA) is 73.3 Å². The van der Waals surface area contributed by atoms with Gasteiger partial charge in [0.05, 0.1) is 12.4 Å². The van der Waals surface area contributed by atoms with Crippen LogP contribution in [-0.2, 0) is 4.79 Å². The van der Waals surface area contributed by atoms with Crippen molar-refractivity contribution in [2.75, 3.05) is 17.7 Å². The molecule has 0 aliphatic heterocycles. The molecule has 1 amide bonds. The fraction of sp³-hybridized carbons (Fsp3) is 0.353. The molecule has 140 valence electrons. The molecule has 0 radical (unpaired) electrons. The molecule has 0 spiro atoms. The Morgan fingerprint density at radius 3 is 2.85 bits per heavy atom. The third-order valence-corrected chi connectivity index (χ3v) is 3.95. The van der Waals surface area contributed by atoms with E-state index in [0.29, 0.717) is 28.9 Å². The summed E-state index contributed by atoms with van der Waals surface area (Å²) in [5.74, 6) is 0.355. The van der Waals surface area contributed by atoms with Gasteiger partial charge in [0, 0.05) is 18.0 Å². The highest BCUT2D eigenvalue weighted by Gasteiger charge is 2.10. The van der Waals surface area contributed by atoms with E-state index in [0.717, 1.165) is 6.42 Å². The highest BCUT2D eigenvalue weighted by Crippen LogP contribution is 2.23. The maximum atomic E-state index is 12.2. The van der Waals surface area contributed by atoms with Gasteiger partial charge in [-0.15, -0.1) is 0 Å².